The summed E-state index contributed by atoms with van der Waals surface area (Å²) >= 11 is 0. The Morgan fingerprint density at radius 1 is 0.441 bits per heavy atom. The van der Waals surface area contributed by atoms with Crippen molar-refractivity contribution < 1.29 is 14.3 Å². The van der Waals surface area contributed by atoms with Crippen LogP contribution in [0.25, 0.3) is 102 Å². The highest BCUT2D eigenvalue weighted by Gasteiger charge is 2.21. The van der Waals surface area contributed by atoms with Crippen LogP contribution < -0.4 is 9.47 Å². The summed E-state index contributed by atoms with van der Waals surface area (Å²) in [5.41, 5.74) is 19.4. The first-order chi connectivity index (χ1) is 33.1. The van der Waals surface area contributed by atoms with Gasteiger partial charge in [-0.15, -0.1) is 0 Å². The van der Waals surface area contributed by atoms with Crippen molar-refractivity contribution >= 4 is 63.1 Å². The predicted molar refractivity (Wildman–Crippen MR) is 279 cm³/mol. The molecule has 0 amide bonds. The zero-order valence-corrected chi connectivity index (χ0v) is 38.5. The van der Waals surface area contributed by atoms with Crippen LogP contribution in [0.15, 0.2) is 158 Å². The van der Waals surface area contributed by atoms with E-state index in [1.165, 1.54) is 16.7 Å². The predicted octanol–water partition coefficient (Wildman–Crippen LogP) is 15.1. The Morgan fingerprint density at radius 3 is 1.19 bits per heavy atom. The second kappa shape index (κ2) is 17.3. The first-order valence-corrected chi connectivity index (χ1v) is 22.9. The average molecular weight is 885 g/mol. The van der Waals surface area contributed by atoms with E-state index < -0.39 is 5.92 Å². The molecule has 1 atom stereocenters. The molecule has 3 aromatic heterocycles. The Hall–Kier alpha value is -8.55. The summed E-state index contributed by atoms with van der Waals surface area (Å²) in [5.74, 6) is 0.430. The zero-order chi connectivity index (χ0) is 46.5. The van der Waals surface area contributed by atoms with Gasteiger partial charge in [0.1, 0.15) is 11.5 Å². The highest BCUT2D eigenvalue weighted by atomic mass is 16.5. The van der Waals surface area contributed by atoms with Crippen molar-refractivity contribution in [3.05, 3.63) is 203 Å². The number of aryl methyl sites for hydroxylation is 3. The molecule has 68 heavy (non-hydrogen) atoms. The Bertz CT molecular complexity index is 3630. The number of H-pyrrole nitrogens is 2. The first kappa shape index (κ1) is 42.1. The van der Waals surface area contributed by atoms with Crippen molar-refractivity contribution in [2.24, 2.45) is 0 Å². The quantitative estimate of drug-likeness (QED) is 0.117. The van der Waals surface area contributed by atoms with E-state index in [1.54, 1.807) is 7.11 Å². The third-order valence-corrected chi connectivity index (χ3v) is 13.1. The number of fused-ring (bicyclic) bond motifs is 9. The lowest BCUT2D eigenvalue weighted by atomic mass is 9.98. The van der Waals surface area contributed by atoms with Crippen molar-refractivity contribution in [2.75, 3.05) is 7.11 Å². The molecule has 0 saturated heterocycles. The Morgan fingerprint density at radius 2 is 0.794 bits per heavy atom. The van der Waals surface area contributed by atoms with E-state index in [-0.39, 0.29) is 5.97 Å². The molecule has 6 aromatic carbocycles. The monoisotopic (exact) mass is 884 g/mol. The van der Waals surface area contributed by atoms with Gasteiger partial charge < -0.3 is 19.4 Å². The van der Waals surface area contributed by atoms with Crippen molar-refractivity contribution in [3.8, 4) is 56.0 Å². The van der Waals surface area contributed by atoms with Crippen LogP contribution in [-0.2, 0) is 4.79 Å². The maximum atomic E-state index is 13.7. The molecule has 2 aliphatic heterocycles. The molecule has 7 heteroatoms. The van der Waals surface area contributed by atoms with Gasteiger partial charge in [-0.1, -0.05) is 126 Å². The summed E-state index contributed by atoms with van der Waals surface area (Å²) in [4.78, 5) is 32.2. The number of hydrogen-bond acceptors (Lipinski definition) is 5. The molecule has 7 nitrogen and oxygen atoms in total. The summed E-state index contributed by atoms with van der Waals surface area (Å²) in [6, 6.07) is 54.1. The number of carbonyl (C=O) groups excluding carboxylic acids is 1. The molecule has 0 spiro atoms. The molecule has 0 fully saturated rings. The molecule has 0 radical (unpaired) electrons. The third kappa shape index (κ3) is 7.98. The molecule has 0 saturated carbocycles. The number of hydrogen-bond donors (Lipinski definition) is 2. The van der Waals surface area contributed by atoms with Gasteiger partial charge in [-0.05, 0) is 139 Å². The van der Waals surface area contributed by atoms with Gasteiger partial charge in [0, 0.05) is 44.3 Å². The van der Waals surface area contributed by atoms with E-state index in [4.69, 9.17) is 19.4 Å². The number of nitrogens with one attached hydrogen (secondary N) is 2. The molecule has 9 aromatic rings. The van der Waals surface area contributed by atoms with Crippen LogP contribution in [0.2, 0.25) is 0 Å². The summed E-state index contributed by atoms with van der Waals surface area (Å²) in [5, 5.41) is 2.07. The molecule has 0 aliphatic carbocycles. The van der Waals surface area contributed by atoms with Gasteiger partial charge in [-0.2, -0.15) is 0 Å². The van der Waals surface area contributed by atoms with Crippen LogP contribution in [0.4, 0.5) is 0 Å². The Balaban J connectivity index is 1.10. The smallest absolute Gasteiger partial charge is 0.318 e. The fourth-order valence-corrected chi connectivity index (χ4v) is 9.25. The highest BCUT2D eigenvalue weighted by Crippen LogP contribution is 2.39. The summed E-state index contributed by atoms with van der Waals surface area (Å²) in [6.07, 6.45) is 8.45. The first-order valence-electron chi connectivity index (χ1n) is 22.9. The number of benzene rings is 6. The van der Waals surface area contributed by atoms with Gasteiger partial charge in [0.25, 0.3) is 0 Å². The van der Waals surface area contributed by atoms with Gasteiger partial charge >= 0.3 is 5.97 Å². The Labute approximate surface area is 395 Å². The van der Waals surface area contributed by atoms with Crippen molar-refractivity contribution in [2.45, 2.75) is 33.6 Å². The number of methoxy groups -OCH3 is 1. The van der Waals surface area contributed by atoms with Gasteiger partial charge in [0.05, 0.1) is 35.8 Å². The minimum Gasteiger partial charge on any atom is -0.497 e. The van der Waals surface area contributed by atoms with Crippen LogP contribution in [-0.4, -0.2) is 33.0 Å². The molecule has 0 unspecified atom stereocenters. The molecule has 5 heterocycles. The average Bonchev–Trinajstić information content (AvgIpc) is 4.22. The van der Waals surface area contributed by atoms with E-state index in [2.05, 4.69) is 152 Å². The second-order valence-corrected chi connectivity index (χ2v) is 17.7. The maximum absolute atomic E-state index is 13.7. The molecule has 8 bridgehead atoms. The number of aromatic amines is 2. The fraction of sp³-hybridized carbons (Fsp3) is 0.0984. The zero-order valence-electron chi connectivity index (χ0n) is 38.5. The Kier molecular flexibility index (Phi) is 10.7. The molecule has 2 N–H and O–H groups in total. The highest BCUT2D eigenvalue weighted by molar-refractivity contribution is 6.00. The molecule has 11 rings (SSSR count). The van der Waals surface area contributed by atoms with Gasteiger partial charge in [0.15, 0.2) is 0 Å². The number of ether oxygens (including phenoxy) is 2. The fourth-order valence-electron chi connectivity index (χ4n) is 9.25. The van der Waals surface area contributed by atoms with Crippen LogP contribution in [0.1, 0.15) is 57.9 Å². The van der Waals surface area contributed by atoms with Gasteiger partial charge in [0.2, 0.25) is 0 Å². The van der Waals surface area contributed by atoms with Gasteiger partial charge in [-0.25, -0.2) is 9.97 Å². The normalized spacial score (nSPS) is 12.4. The van der Waals surface area contributed by atoms with E-state index in [0.29, 0.717) is 5.75 Å². The van der Waals surface area contributed by atoms with Crippen molar-refractivity contribution in [3.63, 3.8) is 0 Å². The van der Waals surface area contributed by atoms with Crippen LogP contribution in [0.3, 0.4) is 0 Å². The summed E-state index contributed by atoms with van der Waals surface area (Å²) < 4.78 is 11.4. The topological polar surface area (TPSA) is 92.9 Å². The molecular formula is C61H48N4O3. The summed E-state index contributed by atoms with van der Waals surface area (Å²) in [6.45, 7) is 8.19. The van der Waals surface area contributed by atoms with E-state index >= 15 is 0 Å². The largest absolute Gasteiger partial charge is 0.497 e. The minimum absolute atomic E-state index is 0.335. The second-order valence-electron chi connectivity index (χ2n) is 17.7. The SMILES string of the molecule is COc1ccc2cc([C@@H](C)C(=O)Oc3ccc(-c4c5nc(c(-c6ccc(C)cc6)c6ccc([nH]6)c(-c6ccc(C)cc6)c6nc(c(-c7ccc(C)cc7)c7ccc4[nH]7)C=C6)C=C5)cc3)ccc2c1. The van der Waals surface area contributed by atoms with Crippen molar-refractivity contribution in [1.82, 2.24) is 19.9 Å². The number of esters is 1. The minimum atomic E-state index is -0.485. The number of aromatic nitrogens is 4. The lowest BCUT2D eigenvalue weighted by molar-refractivity contribution is -0.135. The number of carbonyl (C=O) groups is 1. The van der Waals surface area contributed by atoms with Gasteiger partial charge in [-0.3, -0.25) is 4.79 Å². The van der Waals surface area contributed by atoms with Crippen molar-refractivity contribution in [1.29, 1.82) is 0 Å². The summed E-state index contributed by atoms with van der Waals surface area (Å²) in [7, 11) is 1.66. The van der Waals surface area contributed by atoms with Crippen LogP contribution >= 0.6 is 0 Å². The van der Waals surface area contributed by atoms with E-state index in [0.717, 1.165) is 111 Å². The number of rotatable bonds is 8. The standard InChI is InChI=1S/C61H48N4O3/c1-36-6-12-40(13-7-36)57-49-26-28-51(62-49)58(41-14-8-37(2)9-15-41)53-30-32-55(64-53)60(56-33-31-54(65-56)59(52-29-27-50(57)63-52)42-16-10-38(3)11-17-42)43-20-23-47(24-21-43)68-61(66)39(4)44-18-19-46-35-48(67-5)25-22-45(46)34-44/h6-35,39,62,65H,1-5H3/t39-/m1/s1. The van der Waals surface area contributed by atoms with E-state index in [1.807, 2.05) is 67.6 Å². The molecule has 2 aliphatic rings. The third-order valence-electron chi connectivity index (χ3n) is 13.1. The number of nitrogens with zero attached hydrogens (tertiary/aromatic N) is 2. The van der Waals surface area contributed by atoms with E-state index in [9.17, 15) is 4.79 Å². The lowest BCUT2D eigenvalue weighted by Gasteiger charge is -2.13. The lowest BCUT2D eigenvalue weighted by Crippen LogP contribution is -2.16. The molecular weight excluding hydrogens is 837 g/mol. The van der Waals surface area contributed by atoms with Crippen LogP contribution in [0, 0.1) is 20.8 Å². The van der Waals surface area contributed by atoms with Crippen LogP contribution in [0.5, 0.6) is 11.5 Å². The molecule has 330 valence electrons. The maximum Gasteiger partial charge on any atom is 0.318 e.